The molecule has 1 N–H and O–H groups in total. The lowest BCUT2D eigenvalue weighted by Gasteiger charge is -2.23. The summed E-state index contributed by atoms with van der Waals surface area (Å²) in [5.74, 6) is 1.66. The van der Waals surface area contributed by atoms with Crippen molar-refractivity contribution in [3.8, 4) is 11.5 Å². The molecule has 1 saturated heterocycles. The molecule has 154 valence electrons. The highest BCUT2D eigenvalue weighted by Gasteiger charge is 2.48. The minimum absolute atomic E-state index is 0.232. The molecule has 1 atom stereocenters. The molecule has 2 aromatic carbocycles. The van der Waals surface area contributed by atoms with Gasteiger partial charge in [-0.1, -0.05) is 38.1 Å². The molecule has 0 saturated carbocycles. The maximum absolute atomic E-state index is 13.0. The van der Waals surface area contributed by atoms with Gasteiger partial charge in [0.25, 0.3) is 5.91 Å². The highest BCUT2D eigenvalue weighted by Crippen LogP contribution is 2.30. The van der Waals surface area contributed by atoms with E-state index in [9.17, 15) is 9.59 Å². The van der Waals surface area contributed by atoms with Crippen LogP contribution in [-0.4, -0.2) is 37.1 Å². The maximum Gasteiger partial charge on any atom is 0.325 e. The summed E-state index contributed by atoms with van der Waals surface area (Å²) >= 11 is 0. The summed E-state index contributed by atoms with van der Waals surface area (Å²) in [5, 5.41) is 2.85. The van der Waals surface area contributed by atoms with Crippen LogP contribution in [0.4, 0.5) is 4.79 Å². The molecular weight excluding hydrogens is 368 g/mol. The number of ether oxygens (including phenoxy) is 2. The molecule has 0 aromatic heterocycles. The third kappa shape index (κ3) is 4.36. The van der Waals surface area contributed by atoms with Crippen LogP contribution in [0.1, 0.15) is 44.2 Å². The normalized spacial score (nSPS) is 18.9. The topological polar surface area (TPSA) is 67.9 Å². The fraction of sp³-hybridized carbons (Fsp3) is 0.391. The fourth-order valence-corrected chi connectivity index (χ4v) is 3.38. The Hall–Kier alpha value is -3.02. The van der Waals surface area contributed by atoms with Crippen LogP contribution in [0, 0.1) is 0 Å². The first-order valence-corrected chi connectivity index (χ1v) is 9.86. The maximum atomic E-state index is 13.0. The zero-order valence-corrected chi connectivity index (χ0v) is 17.4. The van der Waals surface area contributed by atoms with Crippen molar-refractivity contribution < 1.29 is 19.1 Å². The van der Waals surface area contributed by atoms with E-state index in [0.717, 1.165) is 17.1 Å². The molecule has 3 amide bonds. The average molecular weight is 396 g/mol. The molecule has 1 unspecified atom stereocenters. The second-order valence-electron chi connectivity index (χ2n) is 7.67. The van der Waals surface area contributed by atoms with E-state index in [2.05, 4.69) is 19.2 Å². The Morgan fingerprint density at radius 1 is 1.00 bits per heavy atom. The Bertz CT molecular complexity index is 861. The van der Waals surface area contributed by atoms with E-state index in [4.69, 9.17) is 9.47 Å². The van der Waals surface area contributed by atoms with E-state index in [1.54, 1.807) is 14.0 Å². The Morgan fingerprint density at radius 2 is 1.62 bits per heavy atom. The van der Waals surface area contributed by atoms with E-state index in [1.807, 2.05) is 48.5 Å². The Kier molecular flexibility index (Phi) is 6.11. The quantitative estimate of drug-likeness (QED) is 0.540. The Labute approximate surface area is 171 Å². The fourth-order valence-electron chi connectivity index (χ4n) is 3.38. The summed E-state index contributed by atoms with van der Waals surface area (Å²) < 4.78 is 10.8. The van der Waals surface area contributed by atoms with Gasteiger partial charge in [-0.25, -0.2) is 4.79 Å². The number of benzene rings is 2. The highest BCUT2D eigenvalue weighted by molar-refractivity contribution is 6.07. The molecule has 3 rings (SSSR count). The van der Waals surface area contributed by atoms with E-state index < -0.39 is 5.54 Å². The number of amides is 3. The smallest absolute Gasteiger partial charge is 0.325 e. The van der Waals surface area contributed by atoms with Gasteiger partial charge in [-0.05, 0) is 54.7 Å². The molecule has 2 aromatic rings. The standard InChI is InChI=1S/C23H28N2O4/c1-16(2)17-6-8-18(9-7-17)23(3)21(26)25(22(27)24-23)14-5-15-29-20-12-10-19(28-4)11-13-20/h6-13,16H,5,14-15H2,1-4H3,(H,24,27). The zero-order valence-electron chi connectivity index (χ0n) is 17.4. The average Bonchev–Trinajstić information content (AvgIpc) is 2.95. The molecule has 1 aliphatic heterocycles. The second kappa shape index (κ2) is 8.55. The molecule has 6 nitrogen and oxygen atoms in total. The van der Waals surface area contributed by atoms with Crippen LogP contribution >= 0.6 is 0 Å². The van der Waals surface area contributed by atoms with Gasteiger partial charge in [0.15, 0.2) is 0 Å². The molecule has 0 spiro atoms. The molecule has 0 aliphatic carbocycles. The van der Waals surface area contributed by atoms with Crippen molar-refractivity contribution in [3.63, 3.8) is 0 Å². The molecular formula is C23H28N2O4. The number of carbonyl (C=O) groups is 2. The van der Waals surface area contributed by atoms with Crippen molar-refractivity contribution >= 4 is 11.9 Å². The molecule has 0 bridgehead atoms. The van der Waals surface area contributed by atoms with Gasteiger partial charge in [0.1, 0.15) is 17.0 Å². The first kappa shape index (κ1) is 20.7. The van der Waals surface area contributed by atoms with Crippen molar-refractivity contribution in [1.29, 1.82) is 0 Å². The van der Waals surface area contributed by atoms with Gasteiger partial charge in [0.05, 0.1) is 13.7 Å². The number of methoxy groups -OCH3 is 1. The number of urea groups is 1. The monoisotopic (exact) mass is 396 g/mol. The van der Waals surface area contributed by atoms with E-state index >= 15 is 0 Å². The molecule has 1 heterocycles. The first-order valence-electron chi connectivity index (χ1n) is 9.86. The number of imide groups is 1. The van der Waals surface area contributed by atoms with Crippen LogP contribution in [0.15, 0.2) is 48.5 Å². The van der Waals surface area contributed by atoms with Crippen molar-refractivity contribution in [1.82, 2.24) is 10.2 Å². The number of hydrogen-bond donors (Lipinski definition) is 1. The lowest BCUT2D eigenvalue weighted by Crippen LogP contribution is -2.41. The van der Waals surface area contributed by atoms with Crippen molar-refractivity contribution in [2.45, 2.75) is 38.6 Å². The van der Waals surface area contributed by atoms with E-state index in [0.29, 0.717) is 25.5 Å². The third-order valence-electron chi connectivity index (χ3n) is 5.28. The Morgan fingerprint density at radius 3 is 2.21 bits per heavy atom. The van der Waals surface area contributed by atoms with Gasteiger partial charge in [-0.2, -0.15) is 0 Å². The number of hydrogen-bond acceptors (Lipinski definition) is 4. The summed E-state index contributed by atoms with van der Waals surface area (Å²) in [7, 11) is 1.61. The third-order valence-corrected chi connectivity index (χ3v) is 5.28. The van der Waals surface area contributed by atoms with Crippen LogP contribution in [0.2, 0.25) is 0 Å². The largest absolute Gasteiger partial charge is 0.497 e. The number of nitrogens with one attached hydrogen (secondary N) is 1. The molecule has 1 aliphatic rings. The van der Waals surface area contributed by atoms with Crippen LogP contribution in [0.25, 0.3) is 0 Å². The van der Waals surface area contributed by atoms with Crippen LogP contribution in [0.3, 0.4) is 0 Å². The van der Waals surface area contributed by atoms with Gasteiger partial charge in [0, 0.05) is 6.54 Å². The summed E-state index contributed by atoms with van der Waals surface area (Å²) in [5.41, 5.74) is 0.947. The second-order valence-corrected chi connectivity index (χ2v) is 7.67. The van der Waals surface area contributed by atoms with Crippen LogP contribution < -0.4 is 14.8 Å². The van der Waals surface area contributed by atoms with Gasteiger partial charge in [-0.15, -0.1) is 0 Å². The van der Waals surface area contributed by atoms with E-state index in [-0.39, 0.29) is 11.9 Å². The molecule has 0 radical (unpaired) electrons. The minimum atomic E-state index is -1.04. The summed E-state index contributed by atoms with van der Waals surface area (Å²) in [6, 6.07) is 14.8. The first-order chi connectivity index (χ1) is 13.8. The van der Waals surface area contributed by atoms with E-state index in [1.165, 1.54) is 10.5 Å². The number of nitrogens with zero attached hydrogens (tertiary/aromatic N) is 1. The van der Waals surface area contributed by atoms with Crippen molar-refractivity contribution in [2.24, 2.45) is 0 Å². The summed E-state index contributed by atoms with van der Waals surface area (Å²) in [4.78, 5) is 26.7. The van der Waals surface area contributed by atoms with Gasteiger partial charge >= 0.3 is 6.03 Å². The van der Waals surface area contributed by atoms with Gasteiger partial charge in [-0.3, -0.25) is 9.69 Å². The predicted octanol–water partition coefficient (Wildman–Crippen LogP) is 4.05. The van der Waals surface area contributed by atoms with Gasteiger partial charge < -0.3 is 14.8 Å². The SMILES string of the molecule is COc1ccc(OCCCN2C(=O)NC(C)(c3ccc(C(C)C)cc3)C2=O)cc1. The zero-order chi connectivity index (χ0) is 21.0. The lowest BCUT2D eigenvalue weighted by molar-refractivity contribution is -0.131. The summed E-state index contributed by atoms with van der Waals surface area (Å²) in [6.45, 7) is 6.71. The molecule has 1 fully saturated rings. The Balaban J connectivity index is 1.58. The van der Waals surface area contributed by atoms with Crippen molar-refractivity contribution in [2.75, 3.05) is 20.3 Å². The molecule has 6 heteroatoms. The predicted molar refractivity (Wildman–Crippen MR) is 111 cm³/mol. The van der Waals surface area contributed by atoms with Crippen molar-refractivity contribution in [3.05, 3.63) is 59.7 Å². The number of rotatable bonds is 8. The summed E-state index contributed by atoms with van der Waals surface area (Å²) in [6.07, 6.45) is 0.549. The molecule has 29 heavy (non-hydrogen) atoms. The van der Waals surface area contributed by atoms with Crippen LogP contribution in [-0.2, 0) is 10.3 Å². The lowest BCUT2D eigenvalue weighted by atomic mass is 9.90. The highest BCUT2D eigenvalue weighted by atomic mass is 16.5. The number of carbonyl (C=O) groups excluding carboxylic acids is 2. The van der Waals surface area contributed by atoms with Crippen LogP contribution in [0.5, 0.6) is 11.5 Å². The minimum Gasteiger partial charge on any atom is -0.497 e. The van der Waals surface area contributed by atoms with Gasteiger partial charge in [0.2, 0.25) is 0 Å².